The van der Waals surface area contributed by atoms with Crippen molar-refractivity contribution in [2.75, 3.05) is 25.2 Å². The van der Waals surface area contributed by atoms with Crippen LogP contribution in [0.1, 0.15) is 15.9 Å². The van der Waals surface area contributed by atoms with Crippen molar-refractivity contribution in [2.45, 2.75) is 11.8 Å². The molecule has 7 nitrogen and oxygen atoms in total. The maximum Gasteiger partial charge on any atom is 0.254 e. The highest BCUT2D eigenvalue weighted by Crippen LogP contribution is 2.26. The Hall–Kier alpha value is -3.91. The van der Waals surface area contributed by atoms with Crippen LogP contribution in [0.2, 0.25) is 0 Å². The van der Waals surface area contributed by atoms with Gasteiger partial charge in [0.25, 0.3) is 5.91 Å². The highest BCUT2D eigenvalue weighted by molar-refractivity contribution is 7.98. The number of anilines is 1. The molecule has 0 unspecified atom stereocenters. The Balaban J connectivity index is 1.40. The van der Waals surface area contributed by atoms with Gasteiger partial charge in [-0.3, -0.25) is 9.59 Å². The summed E-state index contributed by atoms with van der Waals surface area (Å²) in [7, 11) is 1.60. The van der Waals surface area contributed by atoms with Gasteiger partial charge in [0.2, 0.25) is 17.7 Å². The van der Waals surface area contributed by atoms with E-state index in [1.54, 1.807) is 43.1 Å². The third-order valence-corrected chi connectivity index (χ3v) is 5.97. The van der Waals surface area contributed by atoms with Crippen molar-refractivity contribution in [3.05, 3.63) is 83.9 Å². The number of hydrogen-bond donors (Lipinski definition) is 1. The number of carbonyl (C=O) groups excluding carboxylic acids is 2. The monoisotopic (exact) mass is 472 g/mol. The van der Waals surface area contributed by atoms with Crippen molar-refractivity contribution in [1.29, 1.82) is 0 Å². The summed E-state index contributed by atoms with van der Waals surface area (Å²) in [6.07, 6.45) is 1.95. The number of carbonyl (C=O) groups is 2. The van der Waals surface area contributed by atoms with Crippen LogP contribution in [0.5, 0.6) is 0 Å². The van der Waals surface area contributed by atoms with Crippen LogP contribution in [0, 0.1) is 6.92 Å². The minimum Gasteiger partial charge on any atom is -0.416 e. The first-order valence-corrected chi connectivity index (χ1v) is 11.9. The number of thioether (sulfide) groups is 1. The number of hydrogen-bond acceptors (Lipinski definition) is 6. The van der Waals surface area contributed by atoms with E-state index in [1.807, 2.05) is 61.7 Å². The van der Waals surface area contributed by atoms with Gasteiger partial charge in [0.1, 0.15) is 0 Å². The number of likely N-dealkylation sites (N-methyl/N-ethyl adjacent to an activating group) is 1. The van der Waals surface area contributed by atoms with Crippen LogP contribution in [-0.4, -0.2) is 46.8 Å². The van der Waals surface area contributed by atoms with E-state index in [0.29, 0.717) is 22.9 Å². The molecule has 0 radical (unpaired) electrons. The van der Waals surface area contributed by atoms with Crippen LogP contribution in [0.25, 0.3) is 22.9 Å². The van der Waals surface area contributed by atoms with Crippen LogP contribution in [0.4, 0.5) is 5.69 Å². The highest BCUT2D eigenvalue weighted by atomic mass is 32.2. The summed E-state index contributed by atoms with van der Waals surface area (Å²) in [5.41, 5.74) is 3.85. The molecule has 0 saturated heterocycles. The Bertz CT molecular complexity index is 1320. The summed E-state index contributed by atoms with van der Waals surface area (Å²) in [6, 6.07) is 22.3. The lowest BCUT2D eigenvalue weighted by Gasteiger charge is -2.17. The number of rotatable bonds is 7. The van der Waals surface area contributed by atoms with E-state index >= 15 is 0 Å². The Morgan fingerprint density at radius 3 is 2.35 bits per heavy atom. The first kappa shape index (κ1) is 23.3. The van der Waals surface area contributed by atoms with Gasteiger partial charge in [-0.1, -0.05) is 29.8 Å². The Morgan fingerprint density at radius 1 is 0.941 bits per heavy atom. The molecule has 0 aliphatic rings. The number of aromatic nitrogens is 2. The van der Waals surface area contributed by atoms with E-state index in [0.717, 1.165) is 21.7 Å². The molecule has 0 spiro atoms. The summed E-state index contributed by atoms with van der Waals surface area (Å²) in [4.78, 5) is 27.6. The maximum atomic E-state index is 12.8. The normalized spacial score (nSPS) is 10.7. The molecule has 4 aromatic rings. The first-order chi connectivity index (χ1) is 16.4. The van der Waals surface area contributed by atoms with Gasteiger partial charge in [0.05, 0.1) is 12.2 Å². The number of amides is 2. The van der Waals surface area contributed by atoms with Crippen molar-refractivity contribution in [3.8, 4) is 22.9 Å². The standard InChI is InChI=1S/C26H24N4O3S/c1-17-7-6-8-20(15-17)25-29-28-24(33-25)18-11-13-19(14-12-18)26(32)30(2)16-23(31)27-21-9-4-5-10-22(21)34-3/h4-15H,16H2,1-3H3,(H,27,31). The van der Waals surface area contributed by atoms with Crippen molar-refractivity contribution in [3.63, 3.8) is 0 Å². The predicted molar refractivity (Wildman–Crippen MR) is 134 cm³/mol. The van der Waals surface area contributed by atoms with Gasteiger partial charge in [0.15, 0.2) is 0 Å². The predicted octanol–water partition coefficient (Wildman–Crippen LogP) is 5.14. The molecule has 1 heterocycles. The first-order valence-electron chi connectivity index (χ1n) is 10.6. The molecule has 0 aliphatic heterocycles. The fourth-order valence-corrected chi connectivity index (χ4v) is 3.99. The molecule has 0 bridgehead atoms. The fraction of sp³-hybridized carbons (Fsp3) is 0.154. The average molecular weight is 473 g/mol. The zero-order chi connectivity index (χ0) is 24.1. The molecule has 3 aromatic carbocycles. The number of benzene rings is 3. The molecular formula is C26H24N4O3S. The number of nitrogens with one attached hydrogen (secondary N) is 1. The van der Waals surface area contributed by atoms with Gasteiger partial charge in [-0.25, -0.2) is 0 Å². The van der Waals surface area contributed by atoms with Crippen molar-refractivity contribution in [2.24, 2.45) is 0 Å². The van der Waals surface area contributed by atoms with E-state index in [2.05, 4.69) is 15.5 Å². The van der Waals surface area contributed by atoms with E-state index < -0.39 is 0 Å². The summed E-state index contributed by atoms with van der Waals surface area (Å²) in [5.74, 6) is 0.290. The van der Waals surface area contributed by atoms with Gasteiger partial charge in [-0.15, -0.1) is 22.0 Å². The van der Waals surface area contributed by atoms with E-state index in [9.17, 15) is 9.59 Å². The number of aryl methyl sites for hydroxylation is 1. The van der Waals surface area contributed by atoms with Crippen molar-refractivity contribution < 1.29 is 14.0 Å². The van der Waals surface area contributed by atoms with Crippen LogP contribution in [-0.2, 0) is 4.79 Å². The van der Waals surface area contributed by atoms with E-state index in [1.165, 1.54) is 4.90 Å². The van der Waals surface area contributed by atoms with Crippen LogP contribution < -0.4 is 5.32 Å². The fourth-order valence-electron chi connectivity index (χ4n) is 3.44. The largest absolute Gasteiger partial charge is 0.416 e. The second kappa shape index (κ2) is 10.4. The molecule has 0 atom stereocenters. The lowest BCUT2D eigenvalue weighted by molar-refractivity contribution is -0.116. The smallest absolute Gasteiger partial charge is 0.254 e. The molecule has 8 heteroatoms. The average Bonchev–Trinajstić information content (AvgIpc) is 3.34. The Kier molecular flexibility index (Phi) is 7.08. The van der Waals surface area contributed by atoms with E-state index in [-0.39, 0.29) is 18.4 Å². The lowest BCUT2D eigenvalue weighted by atomic mass is 10.1. The zero-order valence-corrected chi connectivity index (χ0v) is 19.9. The van der Waals surface area contributed by atoms with Gasteiger partial charge < -0.3 is 14.6 Å². The molecule has 1 aromatic heterocycles. The quantitative estimate of drug-likeness (QED) is 0.375. The van der Waals surface area contributed by atoms with Gasteiger partial charge in [-0.05, 0) is 61.7 Å². The third kappa shape index (κ3) is 5.35. The SMILES string of the molecule is CSc1ccccc1NC(=O)CN(C)C(=O)c1ccc(-c2nnc(-c3cccc(C)c3)o2)cc1. The second-order valence-corrected chi connectivity index (χ2v) is 8.62. The Labute approximate surface area is 202 Å². The topological polar surface area (TPSA) is 88.3 Å². The van der Waals surface area contributed by atoms with Crippen LogP contribution in [0.15, 0.2) is 82.1 Å². The maximum absolute atomic E-state index is 12.8. The molecule has 0 saturated carbocycles. The minimum atomic E-state index is -0.261. The summed E-state index contributed by atoms with van der Waals surface area (Å²) in [5, 5.41) is 11.1. The molecule has 1 N–H and O–H groups in total. The van der Waals surface area contributed by atoms with E-state index in [4.69, 9.17) is 4.42 Å². The third-order valence-electron chi connectivity index (χ3n) is 5.18. The highest BCUT2D eigenvalue weighted by Gasteiger charge is 2.17. The molecule has 172 valence electrons. The summed E-state index contributed by atoms with van der Waals surface area (Å²) < 4.78 is 5.81. The van der Waals surface area contributed by atoms with Gasteiger partial charge in [-0.2, -0.15) is 0 Å². The molecule has 0 fully saturated rings. The van der Waals surface area contributed by atoms with Crippen LogP contribution in [0.3, 0.4) is 0 Å². The Morgan fingerprint density at radius 2 is 1.65 bits per heavy atom. The second-order valence-electron chi connectivity index (χ2n) is 7.77. The number of nitrogens with zero attached hydrogens (tertiary/aromatic N) is 3. The van der Waals surface area contributed by atoms with Gasteiger partial charge in [0, 0.05) is 28.6 Å². The molecule has 4 rings (SSSR count). The van der Waals surface area contributed by atoms with Crippen LogP contribution >= 0.6 is 11.8 Å². The number of para-hydroxylation sites is 1. The summed E-state index contributed by atoms with van der Waals surface area (Å²) in [6.45, 7) is 1.94. The molecule has 2 amide bonds. The minimum absolute atomic E-state index is 0.0627. The van der Waals surface area contributed by atoms with Gasteiger partial charge >= 0.3 is 0 Å². The van der Waals surface area contributed by atoms with Crippen molar-refractivity contribution >= 4 is 29.3 Å². The molecule has 0 aliphatic carbocycles. The zero-order valence-electron chi connectivity index (χ0n) is 19.1. The lowest BCUT2D eigenvalue weighted by Crippen LogP contribution is -2.35. The molecule has 34 heavy (non-hydrogen) atoms. The molecular weight excluding hydrogens is 448 g/mol. The van der Waals surface area contributed by atoms with Crippen molar-refractivity contribution in [1.82, 2.24) is 15.1 Å². The summed E-state index contributed by atoms with van der Waals surface area (Å²) >= 11 is 1.55.